The molecule has 2 aliphatic rings. The van der Waals surface area contributed by atoms with Crippen LogP contribution in [-0.2, 0) is 20.8 Å². The van der Waals surface area contributed by atoms with Gasteiger partial charge >= 0.3 is 0 Å². The molecule has 7 nitrogen and oxygen atoms in total. The normalized spacial score (nSPS) is 21.3. The van der Waals surface area contributed by atoms with E-state index in [4.69, 9.17) is 0 Å². The van der Waals surface area contributed by atoms with Crippen LogP contribution in [0, 0.1) is 11.8 Å². The van der Waals surface area contributed by atoms with Gasteiger partial charge in [0.1, 0.15) is 0 Å². The van der Waals surface area contributed by atoms with E-state index in [0.717, 1.165) is 16.7 Å². The number of carbonyl (C=O) groups excluding carboxylic acids is 3. The van der Waals surface area contributed by atoms with Gasteiger partial charge in [-0.2, -0.15) is 0 Å². The summed E-state index contributed by atoms with van der Waals surface area (Å²) in [6.07, 6.45) is 6.04. The highest BCUT2D eigenvalue weighted by molar-refractivity contribution is 5.90. The largest absolute Gasteiger partial charge is 0.345 e. The maximum Gasteiger partial charge on any atom is 0.228 e. The van der Waals surface area contributed by atoms with Crippen LogP contribution in [0.2, 0.25) is 0 Å². The van der Waals surface area contributed by atoms with Crippen molar-refractivity contribution in [3.63, 3.8) is 0 Å². The summed E-state index contributed by atoms with van der Waals surface area (Å²) in [7, 11) is 1.73. The molecule has 0 bridgehead atoms. The SMILES string of the molecule is C=CCN1CCN(C(=O)C2CC(=O)N(C)C2)CC(Cc2ccccc2-c2cccnc2)C1=O. The number of hydrogen-bond acceptors (Lipinski definition) is 4. The molecule has 33 heavy (non-hydrogen) atoms. The molecule has 3 amide bonds. The summed E-state index contributed by atoms with van der Waals surface area (Å²) in [6.45, 7) is 5.96. The van der Waals surface area contributed by atoms with E-state index >= 15 is 0 Å². The zero-order valence-electron chi connectivity index (χ0n) is 19.0. The van der Waals surface area contributed by atoms with Gasteiger partial charge in [0, 0.05) is 64.1 Å². The van der Waals surface area contributed by atoms with Crippen molar-refractivity contribution in [2.24, 2.45) is 11.8 Å². The first-order valence-corrected chi connectivity index (χ1v) is 11.4. The number of nitrogens with zero attached hydrogens (tertiary/aromatic N) is 4. The second kappa shape index (κ2) is 9.98. The third-order valence-electron chi connectivity index (χ3n) is 6.55. The second-order valence-electron chi connectivity index (χ2n) is 8.83. The van der Waals surface area contributed by atoms with E-state index in [2.05, 4.69) is 11.6 Å². The van der Waals surface area contributed by atoms with Crippen molar-refractivity contribution in [3.8, 4) is 11.1 Å². The molecule has 1 aromatic heterocycles. The van der Waals surface area contributed by atoms with Crippen LogP contribution >= 0.6 is 0 Å². The summed E-state index contributed by atoms with van der Waals surface area (Å²) in [5, 5.41) is 0. The lowest BCUT2D eigenvalue weighted by Gasteiger charge is -2.26. The van der Waals surface area contributed by atoms with Crippen molar-refractivity contribution in [3.05, 3.63) is 67.0 Å². The zero-order chi connectivity index (χ0) is 23.4. The minimum Gasteiger partial charge on any atom is -0.345 e. The molecule has 1 aromatic carbocycles. The summed E-state index contributed by atoms with van der Waals surface area (Å²) in [6, 6.07) is 11.9. The first-order chi connectivity index (χ1) is 16.0. The van der Waals surface area contributed by atoms with Crippen molar-refractivity contribution in [2.75, 3.05) is 39.8 Å². The number of amides is 3. The predicted octanol–water partition coefficient (Wildman–Crippen LogP) is 2.24. The van der Waals surface area contributed by atoms with Crippen molar-refractivity contribution >= 4 is 17.7 Å². The molecule has 2 unspecified atom stereocenters. The summed E-state index contributed by atoms with van der Waals surface area (Å²) in [4.78, 5) is 48.1. The second-order valence-corrected chi connectivity index (χ2v) is 8.83. The number of carbonyl (C=O) groups is 3. The molecule has 0 aliphatic carbocycles. The topological polar surface area (TPSA) is 73.8 Å². The summed E-state index contributed by atoms with van der Waals surface area (Å²) < 4.78 is 0. The molecule has 2 aliphatic heterocycles. The Morgan fingerprint density at radius 1 is 1.15 bits per heavy atom. The van der Waals surface area contributed by atoms with E-state index in [1.165, 1.54) is 0 Å². The van der Waals surface area contributed by atoms with E-state index in [9.17, 15) is 14.4 Å². The van der Waals surface area contributed by atoms with Gasteiger partial charge in [-0.1, -0.05) is 36.4 Å². The highest BCUT2D eigenvalue weighted by Gasteiger charge is 2.38. The first kappa shape index (κ1) is 22.7. The fourth-order valence-corrected chi connectivity index (χ4v) is 4.79. The molecule has 2 atom stereocenters. The maximum atomic E-state index is 13.4. The van der Waals surface area contributed by atoms with E-state index in [-0.39, 0.29) is 36.0 Å². The van der Waals surface area contributed by atoms with Gasteiger partial charge in [-0.05, 0) is 23.6 Å². The van der Waals surface area contributed by atoms with Crippen LogP contribution < -0.4 is 0 Å². The number of aromatic nitrogens is 1. The Morgan fingerprint density at radius 3 is 2.67 bits per heavy atom. The number of likely N-dealkylation sites (tertiary alicyclic amines) is 1. The molecule has 0 N–H and O–H groups in total. The Labute approximate surface area is 194 Å². The van der Waals surface area contributed by atoms with E-state index in [0.29, 0.717) is 39.1 Å². The van der Waals surface area contributed by atoms with Crippen LogP contribution in [0.4, 0.5) is 0 Å². The van der Waals surface area contributed by atoms with Gasteiger partial charge in [-0.3, -0.25) is 19.4 Å². The molecule has 2 aromatic rings. The predicted molar refractivity (Wildman–Crippen MR) is 126 cm³/mol. The van der Waals surface area contributed by atoms with Crippen molar-refractivity contribution in [1.29, 1.82) is 0 Å². The Kier molecular flexibility index (Phi) is 6.87. The Morgan fingerprint density at radius 2 is 1.97 bits per heavy atom. The molecule has 0 radical (unpaired) electrons. The number of benzene rings is 1. The molecule has 0 spiro atoms. The molecular formula is C26H30N4O3. The molecule has 7 heteroatoms. The van der Waals surface area contributed by atoms with Gasteiger partial charge in [0.25, 0.3) is 0 Å². The van der Waals surface area contributed by atoms with Gasteiger partial charge in [0.15, 0.2) is 0 Å². The van der Waals surface area contributed by atoms with Crippen LogP contribution in [0.3, 0.4) is 0 Å². The summed E-state index contributed by atoms with van der Waals surface area (Å²) >= 11 is 0. The van der Waals surface area contributed by atoms with E-state index in [1.54, 1.807) is 34.0 Å². The van der Waals surface area contributed by atoms with Crippen LogP contribution in [0.1, 0.15) is 12.0 Å². The van der Waals surface area contributed by atoms with Crippen LogP contribution in [-0.4, -0.2) is 77.2 Å². The third-order valence-corrected chi connectivity index (χ3v) is 6.55. The molecule has 2 saturated heterocycles. The Balaban J connectivity index is 1.60. The zero-order valence-corrected chi connectivity index (χ0v) is 19.0. The average molecular weight is 447 g/mol. The number of hydrogen-bond donors (Lipinski definition) is 0. The first-order valence-electron chi connectivity index (χ1n) is 11.4. The van der Waals surface area contributed by atoms with Crippen LogP contribution in [0.15, 0.2) is 61.4 Å². The third kappa shape index (κ3) is 4.97. The van der Waals surface area contributed by atoms with Gasteiger partial charge in [-0.25, -0.2) is 0 Å². The molecule has 0 saturated carbocycles. The minimum atomic E-state index is -0.371. The van der Waals surface area contributed by atoms with Gasteiger partial charge in [-0.15, -0.1) is 6.58 Å². The van der Waals surface area contributed by atoms with Gasteiger partial charge in [0.05, 0.1) is 11.8 Å². The monoisotopic (exact) mass is 446 g/mol. The summed E-state index contributed by atoms with van der Waals surface area (Å²) in [5.41, 5.74) is 3.09. The van der Waals surface area contributed by atoms with Crippen LogP contribution in [0.25, 0.3) is 11.1 Å². The molecule has 2 fully saturated rings. The van der Waals surface area contributed by atoms with Crippen molar-refractivity contribution in [2.45, 2.75) is 12.8 Å². The minimum absolute atomic E-state index is 0.00511. The Hall–Kier alpha value is -3.48. The fourth-order valence-electron chi connectivity index (χ4n) is 4.79. The smallest absolute Gasteiger partial charge is 0.228 e. The van der Waals surface area contributed by atoms with Gasteiger partial charge < -0.3 is 14.7 Å². The van der Waals surface area contributed by atoms with Crippen molar-refractivity contribution in [1.82, 2.24) is 19.7 Å². The van der Waals surface area contributed by atoms with Crippen molar-refractivity contribution < 1.29 is 14.4 Å². The molecular weight excluding hydrogens is 416 g/mol. The Bertz CT molecular complexity index is 1040. The lowest BCUT2D eigenvalue weighted by atomic mass is 9.91. The lowest BCUT2D eigenvalue weighted by molar-refractivity contribution is -0.137. The maximum absolute atomic E-state index is 13.4. The number of rotatable bonds is 6. The fraction of sp³-hybridized carbons (Fsp3) is 0.385. The van der Waals surface area contributed by atoms with E-state index < -0.39 is 0 Å². The van der Waals surface area contributed by atoms with Crippen LogP contribution in [0.5, 0.6) is 0 Å². The molecule has 172 valence electrons. The molecule has 4 rings (SSSR count). The highest BCUT2D eigenvalue weighted by Crippen LogP contribution is 2.28. The average Bonchev–Trinajstić information content (AvgIpc) is 3.09. The van der Waals surface area contributed by atoms with Gasteiger partial charge in [0.2, 0.25) is 17.7 Å². The summed E-state index contributed by atoms with van der Waals surface area (Å²) in [5.74, 6) is -0.720. The lowest BCUT2D eigenvalue weighted by Crippen LogP contribution is -2.41. The molecule has 3 heterocycles. The highest BCUT2D eigenvalue weighted by atomic mass is 16.2. The van der Waals surface area contributed by atoms with E-state index in [1.807, 2.05) is 42.6 Å². The number of pyridine rings is 1. The quantitative estimate of drug-likeness (QED) is 0.638. The standard InChI is InChI=1S/C26H30N4O3/c1-3-11-29-12-13-30(26(33)22-15-24(31)28(2)17-22)18-21(25(29)32)14-19-7-4-5-9-23(19)20-8-6-10-27-16-20/h3-10,16,21-22H,1,11-15,17-18H2,2H3.